The lowest BCUT2D eigenvalue weighted by Gasteiger charge is -2.44. The van der Waals surface area contributed by atoms with Gasteiger partial charge in [0.2, 0.25) is 11.8 Å². The molecule has 2 heterocycles. The lowest BCUT2D eigenvalue weighted by molar-refractivity contribution is -0.166. The van der Waals surface area contributed by atoms with Gasteiger partial charge in [-0.15, -0.1) is 11.8 Å². The highest BCUT2D eigenvalue weighted by atomic mass is 32.2. The Balaban J connectivity index is 1.32. The first-order chi connectivity index (χ1) is 17.3. The van der Waals surface area contributed by atoms with Crippen molar-refractivity contribution in [2.75, 3.05) is 0 Å². The summed E-state index contributed by atoms with van der Waals surface area (Å²) in [6, 6.07) is 27.2. The van der Waals surface area contributed by atoms with E-state index in [2.05, 4.69) is 5.32 Å². The Bertz CT molecular complexity index is 1210. The molecule has 36 heavy (non-hydrogen) atoms. The second kappa shape index (κ2) is 9.82. The predicted molar refractivity (Wildman–Crippen MR) is 139 cm³/mol. The highest BCUT2D eigenvalue weighted by Gasteiger charge is 2.64. The number of carbonyl (C=O) groups excluding carboxylic acids is 3. The van der Waals surface area contributed by atoms with Crippen molar-refractivity contribution in [3.63, 3.8) is 0 Å². The monoisotopic (exact) mass is 500 g/mol. The number of fused-ring (bicyclic) bond motifs is 1. The number of nitrogens with zero attached hydrogens (tertiary/aromatic N) is 1. The minimum absolute atomic E-state index is 0.201. The van der Waals surface area contributed by atoms with Crippen molar-refractivity contribution in [3.05, 3.63) is 108 Å². The smallest absolute Gasteiger partial charge is 0.331 e. The summed E-state index contributed by atoms with van der Waals surface area (Å²) in [4.78, 5) is 40.9. The van der Waals surface area contributed by atoms with Crippen LogP contribution in [0.3, 0.4) is 0 Å². The summed E-state index contributed by atoms with van der Waals surface area (Å²) in [5.41, 5.74) is 2.60. The molecule has 3 atom stereocenters. The Morgan fingerprint density at radius 1 is 0.917 bits per heavy atom. The molecule has 2 saturated heterocycles. The Morgan fingerprint density at radius 2 is 1.44 bits per heavy atom. The van der Waals surface area contributed by atoms with E-state index in [1.165, 1.54) is 11.8 Å². The normalized spacial score (nSPS) is 22.0. The van der Waals surface area contributed by atoms with E-state index >= 15 is 0 Å². The van der Waals surface area contributed by atoms with Crippen LogP contribution < -0.4 is 5.32 Å². The SMILES string of the molecule is CC1(C)S[C@@H]2[C@H](NC(=O)Cc3ccccc3)C(=O)N2[C@H]1C(=O)OC(c1ccccc1)c1ccccc1. The molecule has 5 rings (SSSR count). The van der Waals surface area contributed by atoms with Crippen LogP contribution in [0.2, 0.25) is 0 Å². The number of thioether (sulfide) groups is 1. The first-order valence-corrected chi connectivity index (χ1v) is 12.9. The highest BCUT2D eigenvalue weighted by Crippen LogP contribution is 2.51. The van der Waals surface area contributed by atoms with Gasteiger partial charge in [-0.25, -0.2) is 4.79 Å². The molecule has 1 N–H and O–H groups in total. The van der Waals surface area contributed by atoms with E-state index < -0.39 is 28.9 Å². The molecule has 0 radical (unpaired) electrons. The average molecular weight is 501 g/mol. The van der Waals surface area contributed by atoms with Crippen molar-refractivity contribution >= 4 is 29.5 Å². The molecule has 7 heteroatoms. The lowest BCUT2D eigenvalue weighted by atomic mass is 9.95. The summed E-state index contributed by atoms with van der Waals surface area (Å²) in [5.74, 6) is -0.913. The number of ether oxygens (including phenoxy) is 1. The first kappa shape index (κ1) is 24.1. The van der Waals surface area contributed by atoms with Crippen LogP contribution in [-0.4, -0.2) is 44.9 Å². The lowest BCUT2D eigenvalue weighted by Crippen LogP contribution is -2.70. The van der Waals surface area contributed by atoms with Gasteiger partial charge >= 0.3 is 5.97 Å². The molecular weight excluding hydrogens is 472 g/mol. The van der Waals surface area contributed by atoms with Crippen molar-refractivity contribution in [2.45, 2.75) is 48.6 Å². The van der Waals surface area contributed by atoms with Crippen LogP contribution >= 0.6 is 11.8 Å². The van der Waals surface area contributed by atoms with Crippen LogP contribution in [0.25, 0.3) is 0 Å². The molecule has 0 bridgehead atoms. The van der Waals surface area contributed by atoms with E-state index in [0.29, 0.717) is 0 Å². The number of rotatable bonds is 7. The predicted octanol–water partition coefficient (Wildman–Crippen LogP) is 4.11. The third-order valence-electron chi connectivity index (χ3n) is 6.63. The molecule has 0 aliphatic carbocycles. The molecule has 0 spiro atoms. The maximum atomic E-state index is 13.6. The average Bonchev–Trinajstić information content (AvgIpc) is 3.15. The Kier molecular flexibility index (Phi) is 6.58. The fourth-order valence-corrected chi connectivity index (χ4v) is 6.52. The fourth-order valence-electron chi connectivity index (χ4n) is 4.90. The number of nitrogens with one attached hydrogen (secondary N) is 1. The molecule has 3 aromatic rings. The van der Waals surface area contributed by atoms with Crippen LogP contribution in [0, 0.1) is 0 Å². The molecule has 184 valence electrons. The highest BCUT2D eigenvalue weighted by molar-refractivity contribution is 8.01. The first-order valence-electron chi connectivity index (χ1n) is 12.0. The van der Waals surface area contributed by atoms with Gasteiger partial charge in [-0.05, 0) is 30.5 Å². The number of amides is 2. The summed E-state index contributed by atoms with van der Waals surface area (Å²) in [6.45, 7) is 3.89. The van der Waals surface area contributed by atoms with Crippen molar-refractivity contribution in [1.82, 2.24) is 10.2 Å². The van der Waals surface area contributed by atoms with Crippen LogP contribution in [-0.2, 0) is 25.5 Å². The maximum Gasteiger partial charge on any atom is 0.331 e. The summed E-state index contributed by atoms with van der Waals surface area (Å²) < 4.78 is 5.53. The third-order valence-corrected chi connectivity index (χ3v) is 8.20. The number of benzene rings is 3. The van der Waals surface area contributed by atoms with E-state index in [1.807, 2.05) is 105 Å². The van der Waals surface area contributed by atoms with Gasteiger partial charge in [0.15, 0.2) is 6.10 Å². The van der Waals surface area contributed by atoms with Gasteiger partial charge in [-0.3, -0.25) is 9.59 Å². The van der Waals surface area contributed by atoms with E-state index in [4.69, 9.17) is 4.74 Å². The number of hydrogen-bond acceptors (Lipinski definition) is 5. The van der Waals surface area contributed by atoms with E-state index in [9.17, 15) is 14.4 Å². The second-order valence-corrected chi connectivity index (χ2v) is 11.4. The summed E-state index contributed by atoms with van der Waals surface area (Å²) >= 11 is 1.52. The topological polar surface area (TPSA) is 75.7 Å². The number of β-lactam (4-membered cyclic amide) rings is 1. The largest absolute Gasteiger partial charge is 0.451 e. The quantitative estimate of drug-likeness (QED) is 0.390. The standard InChI is InChI=1S/C29H28N2O4S/c1-29(2)25(28(34)35-24(20-14-8-4-9-15-20)21-16-10-5-11-17-21)31-26(33)23(27(31)36-29)30-22(32)18-19-12-6-3-7-13-19/h3-17,23-25,27H,18H2,1-2H3,(H,30,32)/t23-,25+,27-/m1/s1. The van der Waals surface area contributed by atoms with E-state index in [-0.39, 0.29) is 23.6 Å². The van der Waals surface area contributed by atoms with Gasteiger partial charge in [-0.1, -0.05) is 91.0 Å². The van der Waals surface area contributed by atoms with E-state index in [0.717, 1.165) is 16.7 Å². The summed E-state index contributed by atoms with van der Waals surface area (Å²) in [7, 11) is 0. The molecule has 3 aromatic carbocycles. The molecular formula is C29H28N2O4S. The Labute approximate surface area is 215 Å². The molecule has 2 amide bonds. The molecule has 0 saturated carbocycles. The van der Waals surface area contributed by atoms with Gasteiger partial charge in [0.05, 0.1) is 6.42 Å². The third kappa shape index (κ3) is 4.63. The van der Waals surface area contributed by atoms with Crippen LogP contribution in [0.4, 0.5) is 0 Å². The van der Waals surface area contributed by atoms with Crippen LogP contribution in [0.15, 0.2) is 91.0 Å². The summed E-state index contributed by atoms with van der Waals surface area (Å²) in [5, 5.41) is 2.56. The fraction of sp³-hybridized carbons (Fsp3) is 0.276. The molecule has 2 fully saturated rings. The van der Waals surface area contributed by atoms with Crippen molar-refractivity contribution in [1.29, 1.82) is 0 Å². The Morgan fingerprint density at radius 3 is 2.00 bits per heavy atom. The zero-order valence-corrected chi connectivity index (χ0v) is 21.0. The summed E-state index contributed by atoms with van der Waals surface area (Å²) in [6.07, 6.45) is -0.385. The van der Waals surface area contributed by atoms with Crippen molar-refractivity contribution in [2.24, 2.45) is 0 Å². The van der Waals surface area contributed by atoms with Crippen molar-refractivity contribution in [3.8, 4) is 0 Å². The molecule has 6 nitrogen and oxygen atoms in total. The molecule has 0 unspecified atom stereocenters. The minimum Gasteiger partial charge on any atom is -0.451 e. The van der Waals surface area contributed by atoms with Gasteiger partial charge < -0.3 is 15.0 Å². The van der Waals surface area contributed by atoms with Crippen LogP contribution in [0.1, 0.15) is 36.6 Å². The van der Waals surface area contributed by atoms with Crippen LogP contribution in [0.5, 0.6) is 0 Å². The van der Waals surface area contributed by atoms with E-state index in [1.54, 1.807) is 4.90 Å². The molecule has 2 aliphatic heterocycles. The van der Waals surface area contributed by atoms with Gasteiger partial charge in [-0.2, -0.15) is 0 Å². The zero-order chi connectivity index (χ0) is 25.3. The Hall–Kier alpha value is -3.58. The minimum atomic E-state index is -0.753. The zero-order valence-electron chi connectivity index (χ0n) is 20.2. The van der Waals surface area contributed by atoms with Gasteiger partial charge in [0.1, 0.15) is 17.5 Å². The van der Waals surface area contributed by atoms with Crippen molar-refractivity contribution < 1.29 is 19.1 Å². The number of hydrogen-bond donors (Lipinski definition) is 1. The van der Waals surface area contributed by atoms with Gasteiger partial charge in [0, 0.05) is 4.75 Å². The molecule has 2 aliphatic rings. The van der Waals surface area contributed by atoms with Gasteiger partial charge in [0.25, 0.3) is 0 Å². The molecule has 0 aromatic heterocycles. The maximum absolute atomic E-state index is 13.6. The number of esters is 1. The number of carbonyl (C=O) groups is 3. The second-order valence-electron chi connectivity index (χ2n) is 9.61.